The summed E-state index contributed by atoms with van der Waals surface area (Å²) < 4.78 is 39.8. The molecule has 0 bridgehead atoms. The number of ether oxygens (including phenoxy) is 2. The van der Waals surface area contributed by atoms with E-state index in [1.54, 1.807) is 25.7 Å². The molecule has 2 aromatic carbocycles. The first kappa shape index (κ1) is 34.6. The lowest BCUT2D eigenvalue weighted by Crippen LogP contribution is -2.42. The fraction of sp³-hybridized carbons (Fsp3) is 0.538. The number of alkyl halides is 2. The van der Waals surface area contributed by atoms with Gasteiger partial charge in [0, 0.05) is 18.9 Å². The Bertz CT molecular complexity index is 1460. The summed E-state index contributed by atoms with van der Waals surface area (Å²) in [6.45, 7) is 15.3. The summed E-state index contributed by atoms with van der Waals surface area (Å²) in [6.07, 6.45) is 4.23. The molecule has 2 aliphatic heterocycles. The van der Waals surface area contributed by atoms with Gasteiger partial charge in [-0.2, -0.15) is 0 Å². The average Bonchev–Trinajstić information content (AvgIpc) is 3.72. The monoisotopic (exact) mass is 648 g/mol. The van der Waals surface area contributed by atoms with Gasteiger partial charge in [0.15, 0.2) is 0 Å². The van der Waals surface area contributed by atoms with Crippen LogP contribution in [0.2, 0.25) is 0 Å². The van der Waals surface area contributed by atoms with Crippen molar-refractivity contribution in [3.05, 3.63) is 78.4 Å². The van der Waals surface area contributed by atoms with Gasteiger partial charge in [-0.1, -0.05) is 67.3 Å². The number of hydrogen-bond donors (Lipinski definition) is 0. The van der Waals surface area contributed by atoms with Crippen molar-refractivity contribution < 1.29 is 27.8 Å². The SMILES string of the molecule is C=C(C=C[C@@H]1C[C@@H](F)CN1C(=O)OC(C)(C)C)c1ccc(-c2ccc(C3CCC([C@@H]4C[C@@H](F)CN4C(=O)OC(C)(C)C)C3)cc2)cc1. The molecule has 1 aliphatic carbocycles. The number of carbonyl (C=O) groups is 2. The Morgan fingerprint density at radius 2 is 1.30 bits per heavy atom. The highest BCUT2D eigenvalue weighted by Crippen LogP contribution is 2.44. The predicted octanol–water partition coefficient (Wildman–Crippen LogP) is 9.50. The molecule has 2 heterocycles. The Morgan fingerprint density at radius 3 is 1.89 bits per heavy atom. The molecule has 2 unspecified atom stereocenters. The highest BCUT2D eigenvalue weighted by molar-refractivity contribution is 5.75. The van der Waals surface area contributed by atoms with E-state index in [2.05, 4.69) is 43.0 Å². The van der Waals surface area contributed by atoms with Crippen LogP contribution in [0.15, 0.2) is 67.3 Å². The first-order chi connectivity index (χ1) is 22.1. The molecule has 6 nitrogen and oxygen atoms in total. The van der Waals surface area contributed by atoms with Gasteiger partial charge in [-0.3, -0.25) is 4.90 Å². The van der Waals surface area contributed by atoms with Crippen LogP contribution in [0.1, 0.15) is 90.7 Å². The van der Waals surface area contributed by atoms with Crippen molar-refractivity contribution in [3.8, 4) is 11.1 Å². The number of amides is 2. The van der Waals surface area contributed by atoms with E-state index in [1.165, 1.54) is 10.5 Å². The molecule has 0 aromatic heterocycles. The summed E-state index contributed by atoms with van der Waals surface area (Å²) >= 11 is 0. The topological polar surface area (TPSA) is 59.1 Å². The van der Waals surface area contributed by atoms with Crippen molar-refractivity contribution >= 4 is 17.8 Å². The molecule has 5 rings (SSSR count). The molecule has 2 aromatic rings. The van der Waals surface area contributed by atoms with Crippen molar-refractivity contribution in [1.29, 1.82) is 0 Å². The summed E-state index contributed by atoms with van der Waals surface area (Å²) in [5.41, 5.74) is 3.94. The van der Waals surface area contributed by atoms with Crippen molar-refractivity contribution in [2.24, 2.45) is 5.92 Å². The molecule has 3 aliphatic rings. The number of allylic oxidation sites excluding steroid dienone is 2. The van der Waals surface area contributed by atoms with Crippen molar-refractivity contribution in [1.82, 2.24) is 9.80 Å². The predicted molar refractivity (Wildman–Crippen MR) is 183 cm³/mol. The van der Waals surface area contributed by atoms with Crippen LogP contribution >= 0.6 is 0 Å². The van der Waals surface area contributed by atoms with Crippen molar-refractivity contribution in [3.63, 3.8) is 0 Å². The molecule has 2 saturated heterocycles. The zero-order chi connectivity index (χ0) is 34.1. The number of nitrogens with zero attached hydrogens (tertiary/aromatic N) is 2. The highest BCUT2D eigenvalue weighted by atomic mass is 19.1. The summed E-state index contributed by atoms with van der Waals surface area (Å²) in [4.78, 5) is 28.5. The van der Waals surface area contributed by atoms with Crippen LogP contribution in [0.3, 0.4) is 0 Å². The second-order valence-corrected chi connectivity index (χ2v) is 15.4. The average molecular weight is 649 g/mol. The molecule has 2 amide bonds. The quantitative estimate of drug-likeness (QED) is 0.293. The summed E-state index contributed by atoms with van der Waals surface area (Å²) in [7, 11) is 0. The maximum absolute atomic E-state index is 14.5. The van der Waals surface area contributed by atoms with Gasteiger partial charge in [0.25, 0.3) is 0 Å². The minimum Gasteiger partial charge on any atom is -0.444 e. The molecule has 0 radical (unpaired) electrons. The van der Waals surface area contributed by atoms with Gasteiger partial charge >= 0.3 is 12.2 Å². The van der Waals surface area contributed by atoms with E-state index in [9.17, 15) is 18.4 Å². The fourth-order valence-electron chi connectivity index (χ4n) is 7.13. The lowest BCUT2D eigenvalue weighted by atomic mass is 9.91. The zero-order valence-electron chi connectivity index (χ0n) is 28.7. The zero-order valence-corrected chi connectivity index (χ0v) is 28.7. The van der Waals surface area contributed by atoms with Gasteiger partial charge in [-0.05, 0) is 100 Å². The Hall–Kier alpha value is -3.68. The third-order valence-electron chi connectivity index (χ3n) is 9.35. The summed E-state index contributed by atoms with van der Waals surface area (Å²) in [5, 5.41) is 0. The maximum Gasteiger partial charge on any atom is 0.410 e. The van der Waals surface area contributed by atoms with Crippen LogP contribution in [0.5, 0.6) is 0 Å². The Balaban J connectivity index is 1.17. The lowest BCUT2D eigenvalue weighted by molar-refractivity contribution is 0.0170. The van der Waals surface area contributed by atoms with Crippen molar-refractivity contribution in [2.75, 3.05) is 13.1 Å². The molecular weight excluding hydrogens is 598 g/mol. The molecule has 0 spiro atoms. The number of rotatable bonds is 6. The molecule has 1 saturated carbocycles. The number of halogens is 2. The van der Waals surface area contributed by atoms with Crippen LogP contribution in [0.4, 0.5) is 18.4 Å². The van der Waals surface area contributed by atoms with Crippen LogP contribution in [0, 0.1) is 5.92 Å². The normalized spacial score (nSPS) is 26.6. The van der Waals surface area contributed by atoms with Crippen LogP contribution in [-0.2, 0) is 9.47 Å². The number of likely N-dealkylation sites (tertiary alicyclic amines) is 2. The van der Waals surface area contributed by atoms with E-state index in [4.69, 9.17) is 9.47 Å². The lowest BCUT2D eigenvalue weighted by Gasteiger charge is -2.31. The maximum atomic E-state index is 14.5. The second kappa shape index (κ2) is 13.8. The standard InChI is InChI=1S/C39H50F2N2O4/c1-25(8-19-34-21-32(40)23-42(34)36(44)46-38(2,3)4)26-9-11-27(12-10-26)28-13-15-29(16-14-28)30-17-18-31(20-30)35-22-33(41)24-43(35)37(45)47-39(5,6)7/h8-16,19,30-35H,1,17-18,20-24H2,2-7H3/t30?,31?,32-,33-,34-,35+/m1/s1. The van der Waals surface area contributed by atoms with E-state index in [1.807, 2.05) is 45.1 Å². The third kappa shape index (κ3) is 8.82. The smallest absolute Gasteiger partial charge is 0.410 e. The van der Waals surface area contributed by atoms with Gasteiger partial charge in [-0.25, -0.2) is 18.4 Å². The van der Waals surface area contributed by atoms with Gasteiger partial charge in [-0.15, -0.1) is 0 Å². The Labute approximate surface area is 278 Å². The van der Waals surface area contributed by atoms with Gasteiger partial charge in [0.1, 0.15) is 23.5 Å². The van der Waals surface area contributed by atoms with Crippen LogP contribution < -0.4 is 0 Å². The second-order valence-electron chi connectivity index (χ2n) is 15.4. The minimum absolute atomic E-state index is 0.0258. The Kier molecular flexibility index (Phi) is 10.2. The number of benzene rings is 2. The number of hydrogen-bond acceptors (Lipinski definition) is 4. The molecular formula is C39H50F2N2O4. The van der Waals surface area contributed by atoms with E-state index >= 15 is 0 Å². The highest BCUT2D eigenvalue weighted by Gasteiger charge is 2.44. The number of carbonyl (C=O) groups excluding carboxylic acids is 2. The van der Waals surface area contributed by atoms with Crippen molar-refractivity contribution in [2.45, 2.75) is 115 Å². The van der Waals surface area contributed by atoms with E-state index in [-0.39, 0.29) is 37.5 Å². The fourth-order valence-corrected chi connectivity index (χ4v) is 7.13. The molecule has 3 fully saturated rings. The Morgan fingerprint density at radius 1 is 0.766 bits per heavy atom. The van der Waals surface area contributed by atoms with Gasteiger partial charge < -0.3 is 14.4 Å². The van der Waals surface area contributed by atoms with E-state index in [0.717, 1.165) is 41.5 Å². The van der Waals surface area contributed by atoms with Crippen LogP contribution in [-0.4, -0.2) is 70.7 Å². The molecule has 0 N–H and O–H groups in total. The largest absolute Gasteiger partial charge is 0.444 e. The summed E-state index contributed by atoms with van der Waals surface area (Å²) in [5.74, 6) is 0.638. The van der Waals surface area contributed by atoms with E-state index in [0.29, 0.717) is 12.3 Å². The molecule has 254 valence electrons. The summed E-state index contributed by atoms with van der Waals surface area (Å²) in [6, 6.07) is 16.3. The van der Waals surface area contributed by atoms with Crippen LogP contribution in [0.25, 0.3) is 16.7 Å². The minimum atomic E-state index is -1.09. The first-order valence-electron chi connectivity index (χ1n) is 16.9. The van der Waals surface area contributed by atoms with Gasteiger partial charge in [0.2, 0.25) is 0 Å². The van der Waals surface area contributed by atoms with Gasteiger partial charge in [0.05, 0.1) is 19.1 Å². The molecule has 6 atom stereocenters. The third-order valence-corrected chi connectivity index (χ3v) is 9.35. The molecule has 8 heteroatoms. The van der Waals surface area contributed by atoms with E-state index < -0.39 is 35.7 Å². The molecule has 47 heavy (non-hydrogen) atoms. The first-order valence-corrected chi connectivity index (χ1v) is 16.9.